The molecule has 3 aromatic heterocycles. The van der Waals surface area contributed by atoms with Crippen LogP contribution in [0.25, 0.3) is 11.3 Å². The molecule has 0 spiro atoms. The summed E-state index contributed by atoms with van der Waals surface area (Å²) >= 11 is 0. The van der Waals surface area contributed by atoms with Gasteiger partial charge in [0.05, 0.1) is 42.8 Å². The number of hydrogen-bond donors (Lipinski definition) is 1. The number of aromatic nitrogens is 4. The molecule has 4 rings (SSSR count). The normalized spacial score (nSPS) is 18.7. The van der Waals surface area contributed by atoms with E-state index < -0.39 is 11.7 Å². The van der Waals surface area contributed by atoms with E-state index in [0.717, 1.165) is 23.9 Å². The number of nitrogens with zero attached hydrogens (tertiary/aromatic N) is 5. The van der Waals surface area contributed by atoms with E-state index in [0.29, 0.717) is 30.3 Å². The average molecular weight is 474 g/mol. The van der Waals surface area contributed by atoms with Crippen molar-refractivity contribution in [2.45, 2.75) is 45.6 Å². The minimum absolute atomic E-state index is 0.0113. The maximum Gasteiger partial charge on any atom is 0.416 e. The number of amides is 1. The van der Waals surface area contributed by atoms with E-state index in [1.165, 1.54) is 0 Å². The lowest BCUT2D eigenvalue weighted by Gasteiger charge is -2.38. The molecule has 3 aromatic rings. The van der Waals surface area contributed by atoms with E-state index in [9.17, 15) is 18.0 Å². The van der Waals surface area contributed by atoms with Gasteiger partial charge in [0, 0.05) is 18.0 Å². The maximum atomic E-state index is 13.0. The van der Waals surface area contributed by atoms with Gasteiger partial charge >= 0.3 is 6.18 Å². The molecule has 1 fully saturated rings. The highest BCUT2D eigenvalue weighted by Crippen LogP contribution is 2.31. The summed E-state index contributed by atoms with van der Waals surface area (Å²) in [6.45, 7) is 6.85. The molecule has 1 N–H and O–H groups in total. The number of hydrogen-bond acceptors (Lipinski definition) is 6. The van der Waals surface area contributed by atoms with Crippen molar-refractivity contribution in [1.82, 2.24) is 24.6 Å². The Kier molecular flexibility index (Phi) is 6.56. The molecule has 0 saturated carbocycles. The number of halogens is 3. The molecule has 180 valence electrons. The van der Waals surface area contributed by atoms with Crippen molar-refractivity contribution in [3.63, 3.8) is 0 Å². The van der Waals surface area contributed by atoms with Gasteiger partial charge in [-0.15, -0.1) is 0 Å². The summed E-state index contributed by atoms with van der Waals surface area (Å²) in [6, 6.07) is 5.36. The molecule has 0 radical (unpaired) electrons. The smallest absolute Gasteiger partial charge is 0.377 e. The molecule has 0 bridgehead atoms. The minimum Gasteiger partial charge on any atom is -0.377 e. The SMILES string of the molecule is Cc1cc(Nc2cc(C(F)(F)F)ccn2)nc(-c2cnn(CC(=O)N3[C@H](C)COC[C@@H]3C)c2)c1. The first-order valence-electron chi connectivity index (χ1n) is 10.8. The molecule has 11 heteroatoms. The van der Waals surface area contributed by atoms with E-state index >= 15 is 0 Å². The fourth-order valence-corrected chi connectivity index (χ4v) is 3.98. The number of ether oxygens (including phenoxy) is 1. The summed E-state index contributed by atoms with van der Waals surface area (Å²) in [5.74, 6) is 0.337. The first kappa shape index (κ1) is 23.7. The molecule has 1 aliphatic heterocycles. The van der Waals surface area contributed by atoms with Crippen molar-refractivity contribution in [3.8, 4) is 11.3 Å². The Labute approximate surface area is 194 Å². The van der Waals surface area contributed by atoms with Gasteiger partial charge in [-0.25, -0.2) is 9.97 Å². The molecule has 2 atom stereocenters. The van der Waals surface area contributed by atoms with Crippen LogP contribution in [0.15, 0.2) is 42.9 Å². The Morgan fingerprint density at radius 1 is 1.18 bits per heavy atom. The number of alkyl halides is 3. The highest BCUT2D eigenvalue weighted by Gasteiger charge is 2.31. The Morgan fingerprint density at radius 2 is 1.91 bits per heavy atom. The third-order valence-corrected chi connectivity index (χ3v) is 5.50. The van der Waals surface area contributed by atoms with E-state index in [4.69, 9.17) is 4.74 Å². The van der Waals surface area contributed by atoms with Crippen molar-refractivity contribution < 1.29 is 22.7 Å². The van der Waals surface area contributed by atoms with Crippen molar-refractivity contribution in [2.24, 2.45) is 0 Å². The molecule has 0 aromatic carbocycles. The number of pyridine rings is 2. The van der Waals surface area contributed by atoms with Crippen LogP contribution in [-0.4, -0.2) is 55.9 Å². The quantitative estimate of drug-likeness (QED) is 0.601. The molecule has 0 unspecified atom stereocenters. The van der Waals surface area contributed by atoms with Gasteiger partial charge in [0.2, 0.25) is 5.91 Å². The van der Waals surface area contributed by atoms with Crippen LogP contribution in [0, 0.1) is 6.92 Å². The molecule has 1 amide bonds. The van der Waals surface area contributed by atoms with Gasteiger partial charge in [0.1, 0.15) is 18.2 Å². The van der Waals surface area contributed by atoms with Crippen LogP contribution in [0.3, 0.4) is 0 Å². The van der Waals surface area contributed by atoms with Crippen molar-refractivity contribution in [2.75, 3.05) is 18.5 Å². The summed E-state index contributed by atoms with van der Waals surface area (Å²) < 4.78 is 46.0. The molecule has 1 saturated heterocycles. The Morgan fingerprint density at radius 3 is 2.62 bits per heavy atom. The molecule has 8 nitrogen and oxygen atoms in total. The maximum absolute atomic E-state index is 13.0. The van der Waals surface area contributed by atoms with Crippen molar-refractivity contribution in [3.05, 3.63) is 54.0 Å². The Bertz CT molecular complexity index is 1170. The van der Waals surface area contributed by atoms with Gasteiger partial charge in [-0.05, 0) is 50.6 Å². The summed E-state index contributed by atoms with van der Waals surface area (Å²) in [5, 5.41) is 7.14. The predicted molar refractivity (Wildman–Crippen MR) is 119 cm³/mol. The fraction of sp³-hybridized carbons (Fsp3) is 0.391. The number of morpholine rings is 1. The highest BCUT2D eigenvalue weighted by molar-refractivity contribution is 5.77. The van der Waals surface area contributed by atoms with Gasteiger partial charge < -0.3 is 15.0 Å². The average Bonchev–Trinajstić information content (AvgIpc) is 3.21. The van der Waals surface area contributed by atoms with Gasteiger partial charge in [-0.3, -0.25) is 9.48 Å². The van der Waals surface area contributed by atoms with Crippen molar-refractivity contribution in [1.29, 1.82) is 0 Å². The molecule has 1 aliphatic rings. The molecular formula is C23H25F3N6O2. The second-order valence-corrected chi connectivity index (χ2v) is 8.43. The largest absolute Gasteiger partial charge is 0.416 e. The Hall–Kier alpha value is -3.47. The minimum atomic E-state index is -4.46. The topological polar surface area (TPSA) is 85.2 Å². The number of carbonyl (C=O) groups is 1. The van der Waals surface area contributed by atoms with Crippen LogP contribution in [-0.2, 0) is 22.3 Å². The first-order chi connectivity index (χ1) is 16.1. The van der Waals surface area contributed by atoms with Crippen molar-refractivity contribution >= 4 is 17.5 Å². The lowest BCUT2D eigenvalue weighted by molar-refractivity contribution is -0.145. The van der Waals surface area contributed by atoms with Gasteiger partial charge in [0.15, 0.2) is 0 Å². The van der Waals surface area contributed by atoms with Crippen LogP contribution in [0.5, 0.6) is 0 Å². The number of carbonyl (C=O) groups excluding carboxylic acids is 1. The van der Waals surface area contributed by atoms with Crippen LogP contribution in [0.1, 0.15) is 25.0 Å². The molecular weight excluding hydrogens is 449 g/mol. The zero-order valence-corrected chi connectivity index (χ0v) is 19.0. The second kappa shape index (κ2) is 9.41. The summed E-state index contributed by atoms with van der Waals surface area (Å²) in [4.78, 5) is 23.1. The van der Waals surface area contributed by atoms with E-state index in [-0.39, 0.29) is 30.4 Å². The lowest BCUT2D eigenvalue weighted by Crippen LogP contribution is -2.53. The summed E-state index contributed by atoms with van der Waals surface area (Å²) in [7, 11) is 0. The monoisotopic (exact) mass is 474 g/mol. The summed E-state index contributed by atoms with van der Waals surface area (Å²) in [5.41, 5.74) is 1.30. The summed E-state index contributed by atoms with van der Waals surface area (Å²) in [6.07, 6.45) is -0.0399. The van der Waals surface area contributed by atoms with E-state index in [1.807, 2.05) is 31.7 Å². The Balaban J connectivity index is 1.51. The molecule has 4 heterocycles. The third-order valence-electron chi connectivity index (χ3n) is 5.50. The number of anilines is 2. The molecule has 0 aliphatic carbocycles. The first-order valence-corrected chi connectivity index (χ1v) is 10.8. The van der Waals surface area contributed by atoms with Crippen LogP contribution >= 0.6 is 0 Å². The van der Waals surface area contributed by atoms with Gasteiger partial charge in [0.25, 0.3) is 0 Å². The van der Waals surface area contributed by atoms with Crippen LogP contribution in [0.2, 0.25) is 0 Å². The van der Waals surface area contributed by atoms with E-state index in [1.54, 1.807) is 23.1 Å². The van der Waals surface area contributed by atoms with E-state index in [2.05, 4.69) is 20.4 Å². The van der Waals surface area contributed by atoms with Crippen LogP contribution < -0.4 is 5.32 Å². The van der Waals surface area contributed by atoms with Crippen LogP contribution in [0.4, 0.5) is 24.8 Å². The standard InChI is InChI=1S/C23H25F3N6O2/c1-14-6-19(29-21(7-14)30-20-8-18(4-5-27-20)23(24,25)26)17-9-28-31(10-17)11-22(33)32-15(2)12-34-13-16(32)3/h4-10,15-16H,11-13H2,1-3H3,(H,27,29,30)/t15-,16+. The highest BCUT2D eigenvalue weighted by atomic mass is 19.4. The number of rotatable bonds is 5. The fourth-order valence-electron chi connectivity index (χ4n) is 3.98. The third kappa shape index (κ3) is 5.36. The predicted octanol–water partition coefficient (Wildman–Crippen LogP) is 4.05. The van der Waals surface area contributed by atoms with Gasteiger partial charge in [-0.1, -0.05) is 0 Å². The number of nitrogens with one attached hydrogen (secondary N) is 1. The zero-order chi connectivity index (χ0) is 24.5. The number of aryl methyl sites for hydroxylation is 1. The van der Waals surface area contributed by atoms with Gasteiger partial charge in [-0.2, -0.15) is 18.3 Å². The lowest BCUT2D eigenvalue weighted by atomic mass is 10.1. The molecule has 34 heavy (non-hydrogen) atoms. The second-order valence-electron chi connectivity index (χ2n) is 8.43. The zero-order valence-electron chi connectivity index (χ0n) is 19.0.